The summed E-state index contributed by atoms with van der Waals surface area (Å²) in [6.07, 6.45) is 3.17. The standard InChI is InChI=1S/C10H10N2O2/c1-14-8-2-3-10-9(4-8)7(5-11-10)6-12-13/h2-6,11,13H,1H3/b12-6+. The summed E-state index contributed by atoms with van der Waals surface area (Å²) < 4.78 is 5.10. The van der Waals surface area contributed by atoms with E-state index in [2.05, 4.69) is 10.1 Å². The Morgan fingerprint density at radius 1 is 1.50 bits per heavy atom. The Hall–Kier alpha value is -1.97. The van der Waals surface area contributed by atoms with Gasteiger partial charge in [-0.05, 0) is 18.2 Å². The predicted octanol–water partition coefficient (Wildman–Crippen LogP) is 1.98. The van der Waals surface area contributed by atoms with Crippen LogP contribution in [0.5, 0.6) is 5.75 Å². The molecule has 1 aromatic carbocycles. The quantitative estimate of drug-likeness (QED) is 0.432. The molecule has 2 N–H and O–H groups in total. The third kappa shape index (κ3) is 1.31. The zero-order chi connectivity index (χ0) is 9.97. The van der Waals surface area contributed by atoms with Crippen LogP contribution in [0.3, 0.4) is 0 Å². The van der Waals surface area contributed by atoms with Crippen molar-refractivity contribution in [1.29, 1.82) is 0 Å². The van der Waals surface area contributed by atoms with Crippen LogP contribution in [0.1, 0.15) is 5.56 Å². The number of fused-ring (bicyclic) bond motifs is 1. The molecule has 0 bridgehead atoms. The molecule has 4 heteroatoms. The molecule has 4 nitrogen and oxygen atoms in total. The van der Waals surface area contributed by atoms with Gasteiger partial charge in [-0.25, -0.2) is 0 Å². The summed E-state index contributed by atoms with van der Waals surface area (Å²) in [5.41, 5.74) is 1.82. The van der Waals surface area contributed by atoms with Crippen LogP contribution in [0.25, 0.3) is 10.9 Å². The van der Waals surface area contributed by atoms with E-state index in [-0.39, 0.29) is 0 Å². The summed E-state index contributed by atoms with van der Waals surface area (Å²) in [6, 6.07) is 5.68. The van der Waals surface area contributed by atoms with Crippen molar-refractivity contribution in [1.82, 2.24) is 4.98 Å². The normalized spacial score (nSPS) is 11.2. The van der Waals surface area contributed by atoms with Crippen molar-refractivity contribution in [2.45, 2.75) is 0 Å². The maximum atomic E-state index is 8.45. The average molecular weight is 190 g/mol. The summed E-state index contributed by atoms with van der Waals surface area (Å²) in [5.74, 6) is 0.782. The summed E-state index contributed by atoms with van der Waals surface area (Å²) in [6.45, 7) is 0. The number of aromatic amines is 1. The van der Waals surface area contributed by atoms with Gasteiger partial charge in [-0.1, -0.05) is 5.16 Å². The monoisotopic (exact) mass is 190 g/mol. The highest BCUT2D eigenvalue weighted by Gasteiger charge is 2.02. The van der Waals surface area contributed by atoms with E-state index in [9.17, 15) is 0 Å². The number of nitrogens with zero attached hydrogens (tertiary/aromatic N) is 1. The van der Waals surface area contributed by atoms with Crippen LogP contribution in [0, 0.1) is 0 Å². The number of benzene rings is 1. The first-order valence-electron chi connectivity index (χ1n) is 4.17. The lowest BCUT2D eigenvalue weighted by atomic mass is 10.2. The first kappa shape index (κ1) is 8.62. The van der Waals surface area contributed by atoms with Crippen molar-refractivity contribution in [3.05, 3.63) is 30.0 Å². The van der Waals surface area contributed by atoms with E-state index < -0.39 is 0 Å². The number of hydrogen-bond acceptors (Lipinski definition) is 3. The van der Waals surface area contributed by atoms with E-state index in [4.69, 9.17) is 9.94 Å². The van der Waals surface area contributed by atoms with Gasteiger partial charge in [-0.2, -0.15) is 0 Å². The minimum atomic E-state index is 0.782. The van der Waals surface area contributed by atoms with Gasteiger partial charge in [0.15, 0.2) is 0 Å². The van der Waals surface area contributed by atoms with Crippen molar-refractivity contribution in [3.63, 3.8) is 0 Å². The minimum absolute atomic E-state index is 0.782. The Balaban J connectivity index is 2.63. The first-order chi connectivity index (χ1) is 6.85. The molecule has 2 aromatic rings. The van der Waals surface area contributed by atoms with Crippen molar-refractivity contribution in [3.8, 4) is 5.75 Å². The highest BCUT2D eigenvalue weighted by Crippen LogP contribution is 2.22. The molecule has 0 aliphatic heterocycles. The third-order valence-corrected chi connectivity index (χ3v) is 2.12. The molecular weight excluding hydrogens is 180 g/mol. The SMILES string of the molecule is COc1ccc2[nH]cc(/C=N/O)c2c1. The van der Waals surface area contributed by atoms with Gasteiger partial charge in [0.1, 0.15) is 5.75 Å². The number of oxime groups is 1. The molecule has 0 unspecified atom stereocenters. The van der Waals surface area contributed by atoms with Crippen LogP contribution in [0.2, 0.25) is 0 Å². The zero-order valence-electron chi connectivity index (χ0n) is 7.69. The van der Waals surface area contributed by atoms with Gasteiger partial charge in [0.05, 0.1) is 13.3 Å². The van der Waals surface area contributed by atoms with Crippen molar-refractivity contribution < 1.29 is 9.94 Å². The largest absolute Gasteiger partial charge is 0.497 e. The molecule has 0 saturated carbocycles. The number of H-pyrrole nitrogens is 1. The number of rotatable bonds is 2. The van der Waals surface area contributed by atoms with Gasteiger partial charge >= 0.3 is 0 Å². The second-order valence-corrected chi connectivity index (χ2v) is 2.90. The summed E-state index contributed by atoms with van der Waals surface area (Å²) in [4.78, 5) is 3.07. The molecule has 0 radical (unpaired) electrons. The van der Waals surface area contributed by atoms with Crippen LogP contribution in [0.15, 0.2) is 29.6 Å². The van der Waals surface area contributed by atoms with E-state index >= 15 is 0 Å². The van der Waals surface area contributed by atoms with Crippen molar-refractivity contribution in [2.75, 3.05) is 7.11 Å². The Kier molecular flexibility index (Phi) is 2.10. The Morgan fingerprint density at radius 3 is 3.07 bits per heavy atom. The van der Waals surface area contributed by atoms with E-state index in [0.717, 1.165) is 22.2 Å². The molecule has 14 heavy (non-hydrogen) atoms. The second kappa shape index (κ2) is 3.41. The number of nitrogens with one attached hydrogen (secondary N) is 1. The van der Waals surface area contributed by atoms with E-state index in [1.807, 2.05) is 18.2 Å². The topological polar surface area (TPSA) is 57.6 Å². The van der Waals surface area contributed by atoms with Crippen LogP contribution in [-0.2, 0) is 0 Å². The predicted molar refractivity (Wildman–Crippen MR) is 54.2 cm³/mol. The fraction of sp³-hybridized carbons (Fsp3) is 0.100. The van der Waals surface area contributed by atoms with Crippen LogP contribution >= 0.6 is 0 Å². The number of ether oxygens (including phenoxy) is 1. The summed E-state index contributed by atoms with van der Waals surface area (Å²) in [7, 11) is 1.62. The molecule has 1 heterocycles. The molecule has 72 valence electrons. The van der Waals surface area contributed by atoms with Gasteiger partial charge < -0.3 is 14.9 Å². The molecule has 0 aliphatic rings. The lowest BCUT2D eigenvalue weighted by molar-refractivity contribution is 0.322. The molecular formula is C10H10N2O2. The first-order valence-corrected chi connectivity index (χ1v) is 4.17. The van der Waals surface area contributed by atoms with Gasteiger partial charge in [0.25, 0.3) is 0 Å². The lowest BCUT2D eigenvalue weighted by Crippen LogP contribution is -1.82. The maximum absolute atomic E-state index is 8.45. The molecule has 2 rings (SSSR count). The van der Waals surface area contributed by atoms with E-state index in [1.165, 1.54) is 6.21 Å². The molecule has 0 fully saturated rings. The number of hydrogen-bond donors (Lipinski definition) is 2. The van der Waals surface area contributed by atoms with Crippen LogP contribution < -0.4 is 4.74 Å². The minimum Gasteiger partial charge on any atom is -0.497 e. The van der Waals surface area contributed by atoms with Gasteiger partial charge in [-0.15, -0.1) is 0 Å². The van der Waals surface area contributed by atoms with Crippen LogP contribution in [-0.4, -0.2) is 23.5 Å². The Morgan fingerprint density at radius 2 is 2.36 bits per heavy atom. The Bertz CT molecular complexity index is 474. The Labute approximate surface area is 80.8 Å². The van der Waals surface area contributed by atoms with Gasteiger partial charge in [0.2, 0.25) is 0 Å². The smallest absolute Gasteiger partial charge is 0.119 e. The number of methoxy groups -OCH3 is 1. The highest BCUT2D eigenvalue weighted by molar-refractivity contribution is 5.99. The highest BCUT2D eigenvalue weighted by atomic mass is 16.5. The van der Waals surface area contributed by atoms with Gasteiger partial charge in [-0.3, -0.25) is 0 Å². The molecule has 0 atom stereocenters. The van der Waals surface area contributed by atoms with E-state index in [0.29, 0.717) is 0 Å². The molecule has 1 aromatic heterocycles. The lowest BCUT2D eigenvalue weighted by Gasteiger charge is -1.98. The number of aromatic nitrogens is 1. The van der Waals surface area contributed by atoms with Crippen molar-refractivity contribution >= 4 is 17.1 Å². The molecule has 0 aliphatic carbocycles. The third-order valence-electron chi connectivity index (χ3n) is 2.12. The fourth-order valence-corrected chi connectivity index (χ4v) is 1.42. The second-order valence-electron chi connectivity index (χ2n) is 2.90. The van der Waals surface area contributed by atoms with Crippen LogP contribution in [0.4, 0.5) is 0 Å². The van der Waals surface area contributed by atoms with Crippen molar-refractivity contribution in [2.24, 2.45) is 5.16 Å². The van der Waals surface area contributed by atoms with E-state index in [1.54, 1.807) is 13.3 Å². The summed E-state index contributed by atoms with van der Waals surface area (Å²) >= 11 is 0. The molecule has 0 saturated heterocycles. The zero-order valence-corrected chi connectivity index (χ0v) is 7.69. The summed E-state index contributed by atoms with van der Waals surface area (Å²) in [5, 5.41) is 12.4. The molecule has 0 amide bonds. The fourth-order valence-electron chi connectivity index (χ4n) is 1.42. The maximum Gasteiger partial charge on any atom is 0.119 e. The molecule has 0 spiro atoms. The van der Waals surface area contributed by atoms with Gasteiger partial charge in [0, 0.05) is 22.7 Å². The average Bonchev–Trinajstić information content (AvgIpc) is 2.61.